The molecule has 98 valence electrons. The minimum Gasteiger partial charge on any atom is -0.384 e. The van der Waals surface area contributed by atoms with Gasteiger partial charge in [-0.25, -0.2) is 9.59 Å². The number of rotatable bonds is 3. The number of hydrogen-bond donors (Lipinski definition) is 1. The Hall–Kier alpha value is -1.87. The highest BCUT2D eigenvalue weighted by Crippen LogP contribution is 2.22. The van der Waals surface area contributed by atoms with Crippen molar-refractivity contribution in [2.45, 2.75) is 5.25 Å². The van der Waals surface area contributed by atoms with E-state index < -0.39 is 27.3 Å². The molecule has 9 heteroatoms. The molecule has 18 heavy (non-hydrogen) atoms. The molecule has 0 aliphatic heterocycles. The molecule has 1 aromatic rings. The molecule has 0 bridgehead atoms. The Kier molecular flexibility index (Phi) is 3.77. The van der Waals surface area contributed by atoms with Crippen molar-refractivity contribution >= 4 is 22.1 Å². The van der Waals surface area contributed by atoms with Gasteiger partial charge in [0.2, 0.25) is 0 Å². The summed E-state index contributed by atoms with van der Waals surface area (Å²) in [6, 6.07) is 6.61. The highest BCUT2D eigenvalue weighted by molar-refractivity contribution is 7.87. The number of hydrogen-bond acceptors (Lipinski definition) is 5. The van der Waals surface area contributed by atoms with E-state index in [4.69, 9.17) is 4.55 Å². The summed E-state index contributed by atoms with van der Waals surface area (Å²) in [5.41, 5.74) is -0.225. The van der Waals surface area contributed by atoms with Crippen LogP contribution in [0.4, 0.5) is 8.78 Å². The van der Waals surface area contributed by atoms with Crippen LogP contribution in [0.15, 0.2) is 30.3 Å². The molecule has 0 aromatic heterocycles. The van der Waals surface area contributed by atoms with Crippen LogP contribution in [-0.2, 0) is 19.6 Å². The second-order valence-electron chi connectivity index (χ2n) is 3.03. The van der Waals surface area contributed by atoms with Gasteiger partial charge in [-0.2, -0.15) is 17.2 Å². The number of carbonyl (C=O) groups excluding carboxylic acids is 2. The highest BCUT2D eigenvalue weighted by atomic mass is 32.2. The Morgan fingerprint density at radius 2 is 1.67 bits per heavy atom. The van der Waals surface area contributed by atoms with Crippen molar-refractivity contribution in [3.05, 3.63) is 35.9 Å². The van der Waals surface area contributed by atoms with Gasteiger partial charge in [0.1, 0.15) is 0 Å². The molecule has 1 N–H and O–H groups in total. The van der Waals surface area contributed by atoms with Gasteiger partial charge in [0.25, 0.3) is 0 Å². The number of benzene rings is 1. The van der Waals surface area contributed by atoms with Gasteiger partial charge in [-0.05, 0) is 12.1 Å². The van der Waals surface area contributed by atoms with E-state index in [0.29, 0.717) is 0 Å². The second kappa shape index (κ2) is 4.78. The Morgan fingerprint density at radius 1 is 1.17 bits per heavy atom. The summed E-state index contributed by atoms with van der Waals surface area (Å²) in [6.45, 7) is 0. The Balaban J connectivity index is 2.88. The van der Waals surface area contributed by atoms with E-state index in [1.807, 2.05) is 0 Å². The van der Waals surface area contributed by atoms with Crippen molar-refractivity contribution in [1.82, 2.24) is 0 Å². The quantitative estimate of drug-likeness (QED) is 0.500. The van der Waals surface area contributed by atoms with Crippen molar-refractivity contribution in [3.63, 3.8) is 0 Å². The predicted octanol–water partition coefficient (Wildman–Crippen LogP) is 0.851. The molecular weight excluding hydrogens is 274 g/mol. The lowest BCUT2D eigenvalue weighted by molar-refractivity contribution is -0.155. The van der Waals surface area contributed by atoms with Crippen LogP contribution in [0.5, 0.6) is 0 Å². The Labute approximate surface area is 99.9 Å². The van der Waals surface area contributed by atoms with E-state index in [9.17, 15) is 26.8 Å². The summed E-state index contributed by atoms with van der Waals surface area (Å²) in [6.07, 6.45) is 0. The zero-order valence-corrected chi connectivity index (χ0v) is 9.36. The van der Waals surface area contributed by atoms with Crippen molar-refractivity contribution in [1.29, 1.82) is 0 Å². The molecule has 1 rings (SSSR count). The Bertz CT molecular complexity index is 566. The van der Waals surface area contributed by atoms with E-state index in [2.05, 4.69) is 4.74 Å². The number of halogens is 2. The van der Waals surface area contributed by atoms with Gasteiger partial charge in [-0.3, -0.25) is 4.55 Å². The summed E-state index contributed by atoms with van der Waals surface area (Å²) in [7, 11) is -5.99. The van der Waals surface area contributed by atoms with Gasteiger partial charge in [0, 0.05) is 0 Å². The van der Waals surface area contributed by atoms with Crippen LogP contribution in [0, 0.1) is 0 Å². The van der Waals surface area contributed by atoms with Gasteiger partial charge >= 0.3 is 27.3 Å². The second-order valence-corrected chi connectivity index (χ2v) is 4.50. The smallest absolute Gasteiger partial charge is 0.384 e. The van der Waals surface area contributed by atoms with E-state index >= 15 is 0 Å². The Morgan fingerprint density at radius 3 is 2.11 bits per heavy atom. The van der Waals surface area contributed by atoms with Gasteiger partial charge in [0.15, 0.2) is 0 Å². The van der Waals surface area contributed by atoms with Crippen LogP contribution in [-0.4, -0.2) is 30.2 Å². The number of esters is 2. The summed E-state index contributed by atoms with van der Waals surface area (Å²) < 4.78 is 57.7. The normalized spacial score (nSPS) is 11.9. The number of carbonyl (C=O) groups is 2. The van der Waals surface area contributed by atoms with Crippen LogP contribution in [0.2, 0.25) is 0 Å². The van der Waals surface area contributed by atoms with E-state index in [-0.39, 0.29) is 5.56 Å². The molecule has 1 aromatic carbocycles. The first-order chi connectivity index (χ1) is 8.16. The molecule has 0 radical (unpaired) electrons. The summed E-state index contributed by atoms with van der Waals surface area (Å²) in [4.78, 5) is 21.9. The average Bonchev–Trinajstić information content (AvgIpc) is 2.28. The van der Waals surface area contributed by atoms with Crippen LogP contribution in [0.25, 0.3) is 0 Å². The molecule has 0 aliphatic rings. The number of alkyl halides is 2. The maximum absolute atomic E-state index is 12.7. The van der Waals surface area contributed by atoms with Gasteiger partial charge in [-0.15, -0.1) is 0 Å². The van der Waals surface area contributed by atoms with E-state index in [1.165, 1.54) is 30.3 Å². The third kappa shape index (κ3) is 2.87. The van der Waals surface area contributed by atoms with E-state index in [1.54, 1.807) is 0 Å². The van der Waals surface area contributed by atoms with Crippen LogP contribution < -0.4 is 0 Å². The maximum Gasteiger partial charge on any atom is 0.466 e. The molecule has 0 amide bonds. The van der Waals surface area contributed by atoms with Crippen molar-refractivity contribution < 1.29 is 36.1 Å². The first kappa shape index (κ1) is 14.2. The lowest BCUT2D eigenvalue weighted by Gasteiger charge is -2.10. The summed E-state index contributed by atoms with van der Waals surface area (Å²) in [5.74, 6) is -4.12. The van der Waals surface area contributed by atoms with Crippen LogP contribution in [0.3, 0.4) is 0 Å². The molecule has 6 nitrogen and oxygen atoms in total. The molecule has 0 heterocycles. The molecule has 0 saturated heterocycles. The minimum atomic E-state index is -5.99. The van der Waals surface area contributed by atoms with Gasteiger partial charge < -0.3 is 4.74 Å². The van der Waals surface area contributed by atoms with E-state index in [0.717, 1.165) is 0 Å². The lowest BCUT2D eigenvalue weighted by Crippen LogP contribution is -2.39. The predicted molar refractivity (Wildman–Crippen MR) is 53.4 cm³/mol. The third-order valence-corrected chi connectivity index (χ3v) is 2.57. The number of ether oxygens (including phenoxy) is 1. The molecule has 0 saturated carbocycles. The molecule has 0 atom stereocenters. The minimum absolute atomic E-state index is 0.225. The van der Waals surface area contributed by atoms with Crippen molar-refractivity contribution in [3.8, 4) is 0 Å². The van der Waals surface area contributed by atoms with Gasteiger partial charge in [0.05, 0.1) is 5.56 Å². The zero-order chi connectivity index (χ0) is 14.0. The summed E-state index contributed by atoms with van der Waals surface area (Å²) in [5, 5.41) is -5.20. The molecule has 0 aliphatic carbocycles. The fourth-order valence-electron chi connectivity index (χ4n) is 0.882. The highest BCUT2D eigenvalue weighted by Gasteiger charge is 2.55. The maximum atomic E-state index is 12.7. The molecule has 0 fully saturated rings. The molecular formula is C9H6F2O6S. The fourth-order valence-corrected chi connectivity index (χ4v) is 1.13. The van der Waals surface area contributed by atoms with Crippen molar-refractivity contribution in [2.75, 3.05) is 0 Å². The largest absolute Gasteiger partial charge is 0.466 e. The van der Waals surface area contributed by atoms with Crippen LogP contribution >= 0.6 is 0 Å². The zero-order valence-electron chi connectivity index (χ0n) is 8.54. The first-order valence-corrected chi connectivity index (χ1v) is 5.77. The SMILES string of the molecule is O=C(OC(=O)C(F)(F)S(=O)(=O)O)c1ccccc1. The van der Waals surface area contributed by atoms with Crippen LogP contribution in [0.1, 0.15) is 10.4 Å². The standard InChI is InChI=1S/C9H6F2O6S/c10-9(11,18(14,15)16)8(13)17-7(12)6-4-2-1-3-5-6/h1-5H,(H,14,15,16). The summed E-state index contributed by atoms with van der Waals surface area (Å²) >= 11 is 0. The molecule has 0 spiro atoms. The first-order valence-electron chi connectivity index (χ1n) is 4.33. The molecule has 0 unspecified atom stereocenters. The monoisotopic (exact) mass is 280 g/mol. The van der Waals surface area contributed by atoms with Crippen molar-refractivity contribution in [2.24, 2.45) is 0 Å². The average molecular weight is 280 g/mol. The lowest BCUT2D eigenvalue weighted by atomic mass is 10.2. The fraction of sp³-hybridized carbons (Fsp3) is 0.111. The topological polar surface area (TPSA) is 97.7 Å². The third-order valence-electron chi connectivity index (χ3n) is 1.76. The van der Waals surface area contributed by atoms with Gasteiger partial charge in [-0.1, -0.05) is 18.2 Å².